The number of fused-ring (bicyclic) bond motifs is 1. The molecule has 0 aliphatic carbocycles. The van der Waals surface area contributed by atoms with Crippen molar-refractivity contribution in [2.45, 2.75) is 39.3 Å². The van der Waals surface area contributed by atoms with Crippen molar-refractivity contribution in [2.24, 2.45) is 0 Å². The molecule has 42 heavy (non-hydrogen) atoms. The molecule has 1 unspecified atom stereocenters. The van der Waals surface area contributed by atoms with Gasteiger partial charge in [-0.25, -0.2) is 9.78 Å². The van der Waals surface area contributed by atoms with Gasteiger partial charge in [-0.3, -0.25) is 14.9 Å². The number of ether oxygens (including phenoxy) is 4. The Morgan fingerprint density at radius 3 is 2.45 bits per heavy atom. The van der Waals surface area contributed by atoms with Crippen molar-refractivity contribution in [2.75, 3.05) is 45.3 Å². The molecule has 11 nitrogen and oxygen atoms in total. The lowest BCUT2D eigenvalue weighted by atomic mass is 10.1. The smallest absolute Gasteiger partial charge is 0.410 e. The highest BCUT2D eigenvalue weighted by Gasteiger charge is 2.26. The van der Waals surface area contributed by atoms with Gasteiger partial charge in [0.15, 0.2) is 5.13 Å². The van der Waals surface area contributed by atoms with Gasteiger partial charge >= 0.3 is 6.09 Å². The van der Waals surface area contributed by atoms with Crippen LogP contribution in [0.1, 0.15) is 51.6 Å². The average Bonchev–Trinajstić information content (AvgIpc) is 3.34. The van der Waals surface area contributed by atoms with Crippen molar-refractivity contribution in [3.8, 4) is 17.2 Å². The van der Waals surface area contributed by atoms with Crippen molar-refractivity contribution in [1.82, 2.24) is 14.8 Å². The molecule has 5 rings (SSSR count). The number of benzene rings is 2. The third kappa shape index (κ3) is 7.00. The van der Waals surface area contributed by atoms with Gasteiger partial charge < -0.3 is 28.7 Å². The van der Waals surface area contributed by atoms with E-state index in [1.807, 2.05) is 6.92 Å². The molecule has 1 fully saturated rings. The van der Waals surface area contributed by atoms with Crippen LogP contribution in [0.4, 0.5) is 9.93 Å². The lowest BCUT2D eigenvalue weighted by molar-refractivity contribution is 0.0651. The molecule has 3 heterocycles. The molecule has 3 amide bonds. The van der Waals surface area contributed by atoms with Crippen LogP contribution in [0.15, 0.2) is 42.5 Å². The minimum absolute atomic E-state index is 0.00625. The summed E-state index contributed by atoms with van der Waals surface area (Å²) < 4.78 is 22.4. The summed E-state index contributed by atoms with van der Waals surface area (Å²) in [6.45, 7) is 6.79. The van der Waals surface area contributed by atoms with Gasteiger partial charge in [-0.05, 0) is 56.7 Å². The van der Waals surface area contributed by atoms with Gasteiger partial charge in [-0.1, -0.05) is 11.3 Å². The molecule has 222 valence electrons. The molecular weight excluding hydrogens is 560 g/mol. The van der Waals surface area contributed by atoms with E-state index in [4.69, 9.17) is 18.9 Å². The predicted molar refractivity (Wildman–Crippen MR) is 157 cm³/mol. The van der Waals surface area contributed by atoms with E-state index in [-0.39, 0.29) is 24.0 Å². The Balaban J connectivity index is 1.32. The molecule has 2 aliphatic heterocycles. The molecule has 1 atom stereocenters. The standard InChI is InChI=1S/C30H34N4O7S/c1-4-39-30(37)34-13-10-25-26(17-34)42-29(31-25)32-27(35)21-14-23(40-19(2)18-38-3)16-24(15-21)41-22-8-6-20(7-9-22)28(36)33-11-5-12-33/h6-9,14-16,19H,4-5,10-13,17-18H2,1-3H3,(H,31,32,35). The number of aromatic nitrogens is 1. The van der Waals surface area contributed by atoms with E-state index in [0.717, 1.165) is 30.1 Å². The molecule has 1 aromatic heterocycles. The molecule has 1 N–H and O–H groups in total. The van der Waals surface area contributed by atoms with E-state index in [1.165, 1.54) is 11.3 Å². The third-order valence-corrected chi connectivity index (χ3v) is 7.84. The van der Waals surface area contributed by atoms with Gasteiger partial charge in [0.25, 0.3) is 11.8 Å². The van der Waals surface area contributed by atoms with Crippen LogP contribution < -0.4 is 14.8 Å². The van der Waals surface area contributed by atoms with Gasteiger partial charge in [0.2, 0.25) is 0 Å². The minimum Gasteiger partial charge on any atom is -0.488 e. The summed E-state index contributed by atoms with van der Waals surface area (Å²) in [5.74, 6) is 0.977. The quantitative estimate of drug-likeness (QED) is 0.350. The van der Waals surface area contributed by atoms with Crippen molar-refractivity contribution in [3.63, 3.8) is 0 Å². The van der Waals surface area contributed by atoms with E-state index in [2.05, 4.69) is 10.3 Å². The minimum atomic E-state index is -0.381. The van der Waals surface area contributed by atoms with Gasteiger partial charge in [-0.2, -0.15) is 0 Å². The number of thiazole rings is 1. The molecule has 0 bridgehead atoms. The van der Waals surface area contributed by atoms with Crippen LogP contribution in [0.3, 0.4) is 0 Å². The highest BCUT2D eigenvalue weighted by molar-refractivity contribution is 7.15. The lowest BCUT2D eigenvalue weighted by Gasteiger charge is -2.30. The molecular formula is C30H34N4O7S. The second kappa shape index (κ2) is 13.2. The first-order valence-corrected chi connectivity index (χ1v) is 14.7. The summed E-state index contributed by atoms with van der Waals surface area (Å²) >= 11 is 1.33. The number of carbonyl (C=O) groups is 3. The molecule has 2 aromatic carbocycles. The van der Waals surface area contributed by atoms with Gasteiger partial charge in [0.1, 0.15) is 23.4 Å². The molecule has 2 aliphatic rings. The Kier molecular flexibility index (Phi) is 9.23. The Morgan fingerprint density at radius 2 is 1.76 bits per heavy atom. The number of anilines is 1. The van der Waals surface area contributed by atoms with Crippen LogP contribution in [-0.2, 0) is 22.4 Å². The molecule has 1 saturated heterocycles. The van der Waals surface area contributed by atoms with Gasteiger partial charge in [0, 0.05) is 55.2 Å². The number of amides is 3. The Labute approximate surface area is 248 Å². The number of carbonyl (C=O) groups excluding carboxylic acids is 3. The van der Waals surface area contributed by atoms with Gasteiger partial charge in [0.05, 0.1) is 25.5 Å². The maximum atomic E-state index is 13.4. The number of methoxy groups -OCH3 is 1. The largest absolute Gasteiger partial charge is 0.488 e. The highest BCUT2D eigenvalue weighted by Crippen LogP contribution is 2.31. The molecule has 3 aromatic rings. The van der Waals surface area contributed by atoms with E-state index < -0.39 is 0 Å². The summed E-state index contributed by atoms with van der Waals surface area (Å²) in [4.78, 5) is 46.9. The fraction of sp³-hybridized carbons (Fsp3) is 0.400. The highest BCUT2D eigenvalue weighted by atomic mass is 32.1. The molecule has 0 radical (unpaired) electrons. The molecule has 0 spiro atoms. The van der Waals surface area contributed by atoms with Gasteiger partial charge in [-0.15, -0.1) is 0 Å². The van der Waals surface area contributed by atoms with Crippen molar-refractivity contribution in [1.29, 1.82) is 0 Å². The first-order chi connectivity index (χ1) is 20.3. The predicted octanol–water partition coefficient (Wildman–Crippen LogP) is 4.96. The topological polar surface area (TPSA) is 120 Å². The maximum absolute atomic E-state index is 13.4. The van der Waals surface area contributed by atoms with E-state index in [0.29, 0.717) is 66.2 Å². The SMILES string of the molecule is CCOC(=O)N1CCc2nc(NC(=O)c3cc(Oc4ccc(C(=O)N5CCC5)cc4)cc(OC(C)COC)c3)sc2C1. The fourth-order valence-electron chi connectivity index (χ4n) is 4.62. The summed E-state index contributed by atoms with van der Waals surface area (Å²) in [6, 6.07) is 11.9. The van der Waals surface area contributed by atoms with Crippen LogP contribution in [0.25, 0.3) is 0 Å². The average molecular weight is 595 g/mol. The molecule has 0 saturated carbocycles. The second-order valence-corrected chi connectivity index (χ2v) is 11.1. The molecule has 12 heteroatoms. The Morgan fingerprint density at radius 1 is 1.00 bits per heavy atom. The Hall–Kier alpha value is -4.16. The Bertz CT molecular complexity index is 1440. The van der Waals surface area contributed by atoms with E-state index >= 15 is 0 Å². The third-order valence-electron chi connectivity index (χ3n) is 6.84. The van der Waals surface area contributed by atoms with Crippen LogP contribution in [0.2, 0.25) is 0 Å². The monoisotopic (exact) mass is 594 g/mol. The van der Waals surface area contributed by atoms with Crippen LogP contribution in [0, 0.1) is 0 Å². The number of likely N-dealkylation sites (tertiary alicyclic amines) is 1. The number of hydrogen-bond acceptors (Lipinski definition) is 9. The van der Waals surface area contributed by atoms with Crippen LogP contribution in [-0.4, -0.2) is 78.8 Å². The number of hydrogen-bond donors (Lipinski definition) is 1. The first-order valence-electron chi connectivity index (χ1n) is 13.9. The summed E-state index contributed by atoms with van der Waals surface area (Å²) in [6.07, 6.45) is 0.998. The fourth-order valence-corrected chi connectivity index (χ4v) is 5.64. The summed E-state index contributed by atoms with van der Waals surface area (Å²) in [7, 11) is 1.59. The number of nitrogens with zero attached hydrogens (tertiary/aromatic N) is 3. The second-order valence-electron chi connectivity index (χ2n) is 10.1. The lowest BCUT2D eigenvalue weighted by Crippen LogP contribution is -2.41. The zero-order valence-corrected chi connectivity index (χ0v) is 24.7. The van der Waals surface area contributed by atoms with E-state index in [9.17, 15) is 14.4 Å². The summed E-state index contributed by atoms with van der Waals surface area (Å²) in [5.41, 5.74) is 1.78. The van der Waals surface area contributed by atoms with Crippen molar-refractivity contribution >= 4 is 34.4 Å². The maximum Gasteiger partial charge on any atom is 0.410 e. The number of rotatable bonds is 10. The summed E-state index contributed by atoms with van der Waals surface area (Å²) in [5, 5.41) is 3.32. The van der Waals surface area contributed by atoms with Crippen molar-refractivity contribution < 1.29 is 33.3 Å². The number of nitrogens with one attached hydrogen (secondary N) is 1. The van der Waals surface area contributed by atoms with Crippen LogP contribution in [0.5, 0.6) is 17.2 Å². The zero-order chi connectivity index (χ0) is 29.6. The van der Waals surface area contributed by atoms with Crippen LogP contribution >= 0.6 is 11.3 Å². The van der Waals surface area contributed by atoms with Crippen molar-refractivity contribution in [3.05, 3.63) is 64.2 Å². The first kappa shape index (κ1) is 29.3. The normalized spacial score (nSPS) is 14.8. The van der Waals surface area contributed by atoms with E-state index in [1.54, 1.807) is 66.3 Å². The zero-order valence-electron chi connectivity index (χ0n) is 23.9.